The summed E-state index contributed by atoms with van der Waals surface area (Å²) in [5, 5.41) is 11.9. The molecule has 5 N–H and O–H groups in total. The fourth-order valence-corrected chi connectivity index (χ4v) is 4.09. The van der Waals surface area contributed by atoms with E-state index in [0.717, 1.165) is 0 Å². The van der Waals surface area contributed by atoms with Crippen LogP contribution in [-0.2, 0) is 24.0 Å². The molecule has 0 radical (unpaired) electrons. The van der Waals surface area contributed by atoms with Gasteiger partial charge in [-0.15, -0.1) is 6.58 Å². The van der Waals surface area contributed by atoms with Crippen molar-refractivity contribution in [3.8, 4) is 0 Å². The molecule has 1 fully saturated rings. The van der Waals surface area contributed by atoms with E-state index in [1.165, 1.54) is 11.0 Å². The van der Waals surface area contributed by atoms with Crippen LogP contribution in [0.1, 0.15) is 60.3 Å². The normalized spacial score (nSPS) is 16.8. The van der Waals surface area contributed by atoms with Crippen molar-refractivity contribution in [2.45, 2.75) is 90.6 Å². The third-order valence-electron chi connectivity index (χ3n) is 6.07. The molecule has 0 aromatic rings. The zero-order valence-electron chi connectivity index (χ0n) is 24.1. The first kappa shape index (κ1) is 35.4. The van der Waals surface area contributed by atoms with Gasteiger partial charge in [-0.25, -0.2) is 4.79 Å². The van der Waals surface area contributed by atoms with E-state index in [9.17, 15) is 41.9 Å². The standard InChI is InChI=1S/C26H41F3N6O6/c1-7-12-30-22(39)19(37)16(10-11-26(27,28)29)33-21(38)17-9-8-13-35(17)23(40)20(25(4,5)6)34-24(41)31-14-18(36)32-15(2)3/h7,15-17,20H,1,8-14H2,2-6H3,(H,30,39)(H,32,36)(H,33,38)(H2,31,34,41)/t16?,17-,20?/m0/s1. The van der Waals surface area contributed by atoms with Gasteiger partial charge in [-0.1, -0.05) is 26.8 Å². The summed E-state index contributed by atoms with van der Waals surface area (Å²) in [7, 11) is 0. The van der Waals surface area contributed by atoms with E-state index in [0.29, 0.717) is 6.42 Å². The van der Waals surface area contributed by atoms with Crippen molar-refractivity contribution in [2.75, 3.05) is 19.6 Å². The number of rotatable bonds is 13. The fourth-order valence-electron chi connectivity index (χ4n) is 4.09. The van der Waals surface area contributed by atoms with Gasteiger partial charge in [0.25, 0.3) is 5.91 Å². The van der Waals surface area contributed by atoms with E-state index < -0.39 is 78.0 Å². The van der Waals surface area contributed by atoms with Crippen molar-refractivity contribution in [3.05, 3.63) is 12.7 Å². The summed E-state index contributed by atoms with van der Waals surface area (Å²) in [6.45, 7) is 11.6. The fraction of sp³-hybridized carbons (Fsp3) is 0.692. The van der Waals surface area contributed by atoms with Crippen molar-refractivity contribution in [1.29, 1.82) is 0 Å². The molecule has 0 aliphatic carbocycles. The van der Waals surface area contributed by atoms with Crippen LogP contribution in [0.2, 0.25) is 0 Å². The highest BCUT2D eigenvalue weighted by atomic mass is 19.4. The second kappa shape index (κ2) is 15.4. The molecule has 1 aliphatic rings. The van der Waals surface area contributed by atoms with Gasteiger partial charge < -0.3 is 31.5 Å². The van der Waals surface area contributed by atoms with Crippen molar-refractivity contribution < 1.29 is 41.9 Å². The highest BCUT2D eigenvalue weighted by Crippen LogP contribution is 2.27. The first-order chi connectivity index (χ1) is 18.9. The molecule has 0 saturated carbocycles. The predicted octanol–water partition coefficient (Wildman–Crippen LogP) is 0.915. The van der Waals surface area contributed by atoms with Crippen molar-refractivity contribution in [2.24, 2.45) is 5.41 Å². The van der Waals surface area contributed by atoms with Crippen molar-refractivity contribution >= 4 is 35.4 Å². The third kappa shape index (κ3) is 12.2. The topological polar surface area (TPSA) is 166 Å². The van der Waals surface area contributed by atoms with E-state index >= 15 is 0 Å². The molecule has 1 aliphatic heterocycles. The molecule has 0 spiro atoms. The third-order valence-corrected chi connectivity index (χ3v) is 6.07. The Labute approximate surface area is 237 Å². The Balaban J connectivity index is 3.05. The van der Waals surface area contributed by atoms with E-state index in [1.54, 1.807) is 34.6 Å². The number of halogens is 3. The molecule has 41 heavy (non-hydrogen) atoms. The molecule has 12 nitrogen and oxygen atoms in total. The number of hydrogen-bond donors (Lipinski definition) is 5. The van der Waals surface area contributed by atoms with Gasteiger partial charge in [0.15, 0.2) is 0 Å². The van der Waals surface area contributed by atoms with Crippen LogP contribution in [0.5, 0.6) is 0 Å². The summed E-state index contributed by atoms with van der Waals surface area (Å²) in [6, 6.07) is -4.99. The average Bonchev–Trinajstić information content (AvgIpc) is 3.34. The Bertz CT molecular complexity index is 995. The van der Waals surface area contributed by atoms with Crippen LogP contribution in [0.4, 0.5) is 18.0 Å². The predicted molar refractivity (Wildman–Crippen MR) is 143 cm³/mol. The Morgan fingerprint density at radius 1 is 1.00 bits per heavy atom. The van der Waals surface area contributed by atoms with Gasteiger partial charge in [-0.05, 0) is 38.5 Å². The Morgan fingerprint density at radius 2 is 1.63 bits per heavy atom. The first-order valence-electron chi connectivity index (χ1n) is 13.3. The molecule has 0 bridgehead atoms. The number of urea groups is 1. The Morgan fingerprint density at radius 3 is 2.17 bits per heavy atom. The number of likely N-dealkylation sites (tertiary alicyclic amines) is 1. The van der Waals surface area contributed by atoms with Crippen LogP contribution in [0.15, 0.2) is 12.7 Å². The second-order valence-electron chi connectivity index (χ2n) is 11.1. The minimum atomic E-state index is -4.64. The number of amides is 6. The van der Waals surface area contributed by atoms with E-state index in [2.05, 4.69) is 33.2 Å². The highest BCUT2D eigenvalue weighted by Gasteiger charge is 2.43. The maximum Gasteiger partial charge on any atom is 0.389 e. The molecule has 232 valence electrons. The average molecular weight is 591 g/mol. The van der Waals surface area contributed by atoms with Crippen LogP contribution in [-0.4, -0.2) is 90.3 Å². The molecule has 3 atom stereocenters. The number of Topliss-reactive ketones (excluding diaryl/α,β-unsaturated/α-hetero) is 1. The summed E-state index contributed by atoms with van der Waals surface area (Å²) in [5.41, 5.74) is -0.841. The number of ketones is 1. The molecule has 15 heteroatoms. The van der Waals surface area contributed by atoms with E-state index in [1.807, 2.05) is 0 Å². The summed E-state index contributed by atoms with van der Waals surface area (Å²) < 4.78 is 38.7. The van der Waals surface area contributed by atoms with Crippen LogP contribution < -0.4 is 26.6 Å². The smallest absolute Gasteiger partial charge is 0.352 e. The lowest BCUT2D eigenvalue weighted by atomic mass is 9.85. The number of hydrogen-bond acceptors (Lipinski definition) is 6. The number of alkyl halides is 3. The second-order valence-corrected chi connectivity index (χ2v) is 11.1. The SMILES string of the molecule is C=CCNC(=O)C(=O)C(CCC(F)(F)F)NC(=O)[C@@H]1CCCN1C(=O)C(NC(=O)NCC(=O)NC(C)C)C(C)(C)C. The molecule has 1 heterocycles. The summed E-state index contributed by atoms with van der Waals surface area (Å²) >= 11 is 0. The minimum absolute atomic E-state index is 0.105. The maximum atomic E-state index is 13.6. The highest BCUT2D eigenvalue weighted by molar-refractivity contribution is 6.38. The van der Waals surface area contributed by atoms with E-state index in [4.69, 9.17) is 0 Å². The van der Waals surface area contributed by atoms with Crippen LogP contribution in [0.25, 0.3) is 0 Å². The van der Waals surface area contributed by atoms with Gasteiger partial charge >= 0.3 is 12.2 Å². The monoisotopic (exact) mass is 590 g/mol. The quantitative estimate of drug-likeness (QED) is 0.158. The number of nitrogens with one attached hydrogen (secondary N) is 5. The summed E-state index contributed by atoms with van der Waals surface area (Å²) in [6.07, 6.45) is -5.13. The van der Waals surface area contributed by atoms with Crippen molar-refractivity contribution in [1.82, 2.24) is 31.5 Å². The zero-order chi connectivity index (χ0) is 31.5. The number of carbonyl (C=O) groups is 6. The largest absolute Gasteiger partial charge is 0.389 e. The first-order valence-corrected chi connectivity index (χ1v) is 13.3. The van der Waals surface area contributed by atoms with Gasteiger partial charge in [0.2, 0.25) is 23.5 Å². The van der Waals surface area contributed by atoms with Gasteiger partial charge in [-0.3, -0.25) is 24.0 Å². The molecule has 6 amide bonds. The number of nitrogens with zero attached hydrogens (tertiary/aromatic N) is 1. The van der Waals surface area contributed by atoms with Crippen LogP contribution >= 0.6 is 0 Å². The van der Waals surface area contributed by atoms with Gasteiger partial charge in [0.1, 0.15) is 12.1 Å². The summed E-state index contributed by atoms with van der Waals surface area (Å²) in [4.78, 5) is 77.0. The Hall–Kier alpha value is -3.65. The summed E-state index contributed by atoms with van der Waals surface area (Å²) in [5.74, 6) is -4.39. The number of carbonyl (C=O) groups excluding carboxylic acids is 6. The van der Waals surface area contributed by atoms with Crippen LogP contribution in [0, 0.1) is 5.41 Å². The lowest BCUT2D eigenvalue weighted by Crippen LogP contribution is -2.60. The van der Waals surface area contributed by atoms with Gasteiger partial charge in [0, 0.05) is 25.6 Å². The lowest BCUT2D eigenvalue weighted by molar-refractivity contribution is -0.147. The molecule has 1 saturated heterocycles. The van der Waals surface area contributed by atoms with Crippen molar-refractivity contribution in [3.63, 3.8) is 0 Å². The lowest BCUT2D eigenvalue weighted by Gasteiger charge is -2.35. The Kier molecular flexibility index (Phi) is 13.3. The van der Waals surface area contributed by atoms with Crippen LogP contribution in [0.3, 0.4) is 0 Å². The molecule has 0 aromatic carbocycles. The minimum Gasteiger partial charge on any atom is -0.352 e. The maximum absolute atomic E-state index is 13.6. The van der Waals surface area contributed by atoms with E-state index in [-0.39, 0.29) is 32.1 Å². The van der Waals surface area contributed by atoms with Gasteiger partial charge in [0.05, 0.1) is 12.6 Å². The van der Waals surface area contributed by atoms with Gasteiger partial charge in [-0.2, -0.15) is 13.2 Å². The molecular formula is C26H41F3N6O6. The zero-order valence-corrected chi connectivity index (χ0v) is 24.1. The molecule has 1 rings (SSSR count). The molecular weight excluding hydrogens is 549 g/mol. The molecule has 0 aromatic heterocycles. The molecule has 2 unspecified atom stereocenters.